The van der Waals surface area contributed by atoms with Gasteiger partial charge in [-0.1, -0.05) is 0 Å². The van der Waals surface area contributed by atoms with Crippen LogP contribution in [0.2, 0.25) is 0 Å². The maximum absolute atomic E-state index is 12.0. The molecule has 0 radical (unpaired) electrons. The largest absolute Gasteiger partial charge is 0.354 e. The maximum Gasteiger partial charge on any atom is 0.227 e. The lowest BCUT2D eigenvalue weighted by Crippen LogP contribution is -2.56. The third-order valence-corrected chi connectivity index (χ3v) is 3.17. The summed E-state index contributed by atoms with van der Waals surface area (Å²) in [5.41, 5.74) is 4.14. The molecule has 0 saturated heterocycles. The third-order valence-electron chi connectivity index (χ3n) is 3.17. The summed E-state index contributed by atoms with van der Waals surface area (Å²) < 4.78 is 0. The van der Waals surface area contributed by atoms with Crippen molar-refractivity contribution in [3.63, 3.8) is 0 Å². The van der Waals surface area contributed by atoms with Gasteiger partial charge in [0, 0.05) is 12.1 Å². The molecule has 4 nitrogen and oxygen atoms in total. The molecule has 0 aliphatic heterocycles. The van der Waals surface area contributed by atoms with Crippen molar-refractivity contribution in [2.24, 2.45) is 16.6 Å². The molecule has 0 unspecified atom stereocenters. The fourth-order valence-corrected chi connectivity index (χ4v) is 0.854. The van der Waals surface area contributed by atoms with E-state index in [1.54, 1.807) is 13.8 Å². The van der Waals surface area contributed by atoms with E-state index in [1.807, 2.05) is 27.7 Å². The van der Waals surface area contributed by atoms with Crippen molar-refractivity contribution in [2.45, 2.75) is 47.1 Å². The Morgan fingerprint density at radius 3 is 2.00 bits per heavy atom. The van der Waals surface area contributed by atoms with Crippen LogP contribution < -0.4 is 11.1 Å². The summed E-state index contributed by atoms with van der Waals surface area (Å²) in [7, 11) is 0. The van der Waals surface area contributed by atoms with Crippen molar-refractivity contribution in [1.29, 1.82) is 5.26 Å². The minimum atomic E-state index is -0.668. The van der Waals surface area contributed by atoms with E-state index >= 15 is 0 Å². The molecular formula is C12H23N3O. The molecule has 16 heavy (non-hydrogen) atoms. The smallest absolute Gasteiger partial charge is 0.227 e. The molecule has 0 heterocycles. The molecule has 4 heteroatoms. The molecule has 0 aromatic heterocycles. The summed E-state index contributed by atoms with van der Waals surface area (Å²) in [4.78, 5) is 12.0. The Morgan fingerprint density at radius 2 is 1.69 bits per heavy atom. The van der Waals surface area contributed by atoms with E-state index in [0.717, 1.165) is 0 Å². The van der Waals surface area contributed by atoms with E-state index in [2.05, 4.69) is 11.4 Å². The van der Waals surface area contributed by atoms with Gasteiger partial charge in [0.05, 0.1) is 16.9 Å². The predicted molar refractivity (Wildman–Crippen MR) is 64.5 cm³/mol. The Morgan fingerprint density at radius 1 is 1.25 bits per heavy atom. The second-order valence-electron chi connectivity index (χ2n) is 6.03. The highest BCUT2D eigenvalue weighted by molar-refractivity contribution is 5.83. The number of hydrogen-bond donors (Lipinski definition) is 2. The van der Waals surface area contributed by atoms with Gasteiger partial charge in [-0.25, -0.2) is 0 Å². The van der Waals surface area contributed by atoms with Gasteiger partial charge in [-0.2, -0.15) is 5.26 Å². The van der Waals surface area contributed by atoms with Crippen LogP contribution in [0.25, 0.3) is 0 Å². The molecule has 0 atom stereocenters. The first kappa shape index (κ1) is 14.9. The second kappa shape index (κ2) is 4.42. The van der Waals surface area contributed by atoms with Gasteiger partial charge in [0.2, 0.25) is 5.91 Å². The Kier molecular flexibility index (Phi) is 4.12. The van der Waals surface area contributed by atoms with Crippen LogP contribution in [0.4, 0.5) is 0 Å². The number of nitrogens with zero attached hydrogens (tertiary/aromatic N) is 1. The van der Waals surface area contributed by atoms with Crippen LogP contribution >= 0.6 is 0 Å². The maximum atomic E-state index is 12.0. The predicted octanol–water partition coefficient (Wildman–Crippen LogP) is 1.42. The molecule has 1 amide bonds. The first-order valence-electron chi connectivity index (χ1n) is 5.42. The summed E-state index contributed by atoms with van der Waals surface area (Å²) in [6.45, 7) is 11.2. The molecule has 92 valence electrons. The van der Waals surface area contributed by atoms with Gasteiger partial charge in [-0.15, -0.1) is 0 Å². The van der Waals surface area contributed by atoms with Gasteiger partial charge < -0.3 is 11.1 Å². The lowest BCUT2D eigenvalue weighted by Gasteiger charge is -2.37. The van der Waals surface area contributed by atoms with Crippen LogP contribution in [-0.4, -0.2) is 18.0 Å². The summed E-state index contributed by atoms with van der Waals surface area (Å²) in [5, 5.41) is 11.6. The summed E-state index contributed by atoms with van der Waals surface area (Å²) in [5.74, 6) is -0.122. The molecule has 0 aliphatic carbocycles. The number of rotatable bonds is 4. The zero-order chi connectivity index (χ0) is 13.2. The monoisotopic (exact) mass is 225 g/mol. The highest BCUT2D eigenvalue weighted by atomic mass is 16.2. The first-order valence-corrected chi connectivity index (χ1v) is 5.42. The van der Waals surface area contributed by atoms with Crippen molar-refractivity contribution >= 4 is 5.91 Å². The van der Waals surface area contributed by atoms with Crippen molar-refractivity contribution in [3.05, 3.63) is 0 Å². The van der Waals surface area contributed by atoms with Crippen molar-refractivity contribution in [1.82, 2.24) is 5.32 Å². The SMILES string of the molecule is CC(C)(C#N)CNC(=O)C(C)(C)C(C)(C)N. The minimum absolute atomic E-state index is 0.122. The quantitative estimate of drug-likeness (QED) is 0.759. The lowest BCUT2D eigenvalue weighted by atomic mass is 9.74. The number of nitrogens with one attached hydrogen (secondary N) is 1. The molecule has 0 aliphatic rings. The van der Waals surface area contributed by atoms with Crippen molar-refractivity contribution < 1.29 is 4.79 Å². The normalized spacial score (nSPS) is 13.1. The van der Waals surface area contributed by atoms with Crippen LogP contribution in [0.15, 0.2) is 0 Å². The van der Waals surface area contributed by atoms with Crippen molar-refractivity contribution in [2.75, 3.05) is 6.54 Å². The van der Waals surface area contributed by atoms with Gasteiger partial charge in [0.1, 0.15) is 0 Å². The molecule has 0 fully saturated rings. The third kappa shape index (κ3) is 3.49. The number of nitrogens with two attached hydrogens (primary N) is 1. The minimum Gasteiger partial charge on any atom is -0.354 e. The van der Waals surface area contributed by atoms with Crippen LogP contribution in [0.5, 0.6) is 0 Å². The van der Waals surface area contributed by atoms with Crippen LogP contribution in [0.1, 0.15) is 41.5 Å². The fraction of sp³-hybridized carbons (Fsp3) is 0.833. The van der Waals surface area contributed by atoms with E-state index in [9.17, 15) is 4.79 Å². The standard InChI is InChI=1S/C12H23N3O/c1-10(2,7-13)8-15-9(16)11(3,4)12(5,6)14/h8,14H2,1-6H3,(H,15,16). The lowest BCUT2D eigenvalue weighted by molar-refractivity contribution is -0.132. The number of nitriles is 1. The molecule has 0 saturated carbocycles. The molecule has 0 spiro atoms. The van der Waals surface area contributed by atoms with E-state index in [-0.39, 0.29) is 5.91 Å². The van der Waals surface area contributed by atoms with E-state index < -0.39 is 16.4 Å². The van der Waals surface area contributed by atoms with Gasteiger partial charge in [0.15, 0.2) is 0 Å². The molecule has 0 aromatic rings. The van der Waals surface area contributed by atoms with Gasteiger partial charge in [-0.3, -0.25) is 4.79 Å². The van der Waals surface area contributed by atoms with Crippen LogP contribution in [-0.2, 0) is 4.79 Å². The van der Waals surface area contributed by atoms with Crippen molar-refractivity contribution in [3.8, 4) is 6.07 Å². The first-order chi connectivity index (χ1) is 6.94. The fourth-order valence-electron chi connectivity index (χ4n) is 0.854. The average Bonchev–Trinajstić information content (AvgIpc) is 2.12. The zero-order valence-corrected chi connectivity index (χ0v) is 11.1. The Labute approximate surface area is 98.2 Å². The summed E-state index contributed by atoms with van der Waals surface area (Å²) in [6, 6.07) is 2.14. The Bertz CT molecular complexity index is 305. The van der Waals surface area contributed by atoms with Gasteiger partial charge >= 0.3 is 0 Å². The Hall–Kier alpha value is -1.08. The highest BCUT2D eigenvalue weighted by Crippen LogP contribution is 2.28. The van der Waals surface area contributed by atoms with E-state index in [4.69, 9.17) is 11.0 Å². The van der Waals surface area contributed by atoms with Gasteiger partial charge in [0.25, 0.3) is 0 Å². The number of hydrogen-bond acceptors (Lipinski definition) is 3. The van der Waals surface area contributed by atoms with Crippen LogP contribution in [0.3, 0.4) is 0 Å². The van der Waals surface area contributed by atoms with E-state index in [1.165, 1.54) is 0 Å². The molecule has 0 bridgehead atoms. The molecular weight excluding hydrogens is 202 g/mol. The van der Waals surface area contributed by atoms with E-state index in [0.29, 0.717) is 6.54 Å². The van der Waals surface area contributed by atoms with Crippen LogP contribution in [0, 0.1) is 22.2 Å². The number of amides is 1. The summed E-state index contributed by atoms with van der Waals surface area (Å²) in [6.07, 6.45) is 0. The topological polar surface area (TPSA) is 78.9 Å². The average molecular weight is 225 g/mol. The second-order valence-corrected chi connectivity index (χ2v) is 6.03. The van der Waals surface area contributed by atoms with Gasteiger partial charge in [-0.05, 0) is 41.5 Å². The zero-order valence-electron chi connectivity index (χ0n) is 11.1. The molecule has 0 rings (SSSR count). The Balaban J connectivity index is 4.57. The number of carbonyl (C=O) groups is 1. The molecule has 0 aromatic carbocycles. The molecule has 3 N–H and O–H groups in total. The highest BCUT2D eigenvalue weighted by Gasteiger charge is 2.40. The number of carbonyl (C=O) groups excluding carboxylic acids is 1. The summed E-state index contributed by atoms with van der Waals surface area (Å²) >= 11 is 0.